The molecule has 0 aliphatic heterocycles. The van der Waals surface area contributed by atoms with Crippen molar-refractivity contribution in [1.29, 1.82) is 0 Å². The van der Waals surface area contributed by atoms with Gasteiger partial charge < -0.3 is 8.98 Å². The van der Waals surface area contributed by atoms with Crippen molar-refractivity contribution in [3.05, 3.63) is 57.5 Å². The summed E-state index contributed by atoms with van der Waals surface area (Å²) in [5.41, 5.74) is 1.20. The normalized spacial score (nSPS) is 11.2. The van der Waals surface area contributed by atoms with Crippen LogP contribution in [0.5, 0.6) is 0 Å². The van der Waals surface area contributed by atoms with Gasteiger partial charge in [-0.2, -0.15) is 0 Å². The number of halogens is 2. The van der Waals surface area contributed by atoms with Crippen molar-refractivity contribution in [2.24, 2.45) is 0 Å². The molecule has 0 N–H and O–H groups in total. The molecule has 2 heterocycles. The first kappa shape index (κ1) is 11.1. The van der Waals surface area contributed by atoms with Crippen LogP contribution < -0.4 is 0 Å². The summed E-state index contributed by atoms with van der Waals surface area (Å²) in [6.45, 7) is 0.742. The highest BCUT2D eigenvalue weighted by molar-refractivity contribution is 9.10. The largest absolute Gasteiger partial charge is 0.452 e. The minimum absolute atomic E-state index is 0.742. The van der Waals surface area contributed by atoms with Gasteiger partial charge in [0.2, 0.25) is 0 Å². The molecule has 86 valence electrons. The molecule has 3 aromatic rings. The number of benzene rings is 1. The highest BCUT2D eigenvalue weighted by atomic mass is 79.9. The molecule has 0 radical (unpaired) electrons. The molecule has 0 aliphatic rings. The molecular formula is C13H9Br2NO. The Balaban J connectivity index is 2.03. The van der Waals surface area contributed by atoms with E-state index in [1.165, 1.54) is 10.9 Å². The third kappa shape index (κ3) is 2.19. The second-order valence-corrected chi connectivity index (χ2v) is 5.55. The number of nitrogens with zero attached hydrogens (tertiary/aromatic N) is 1. The Bertz CT molecular complexity index is 669. The van der Waals surface area contributed by atoms with Gasteiger partial charge >= 0.3 is 0 Å². The van der Waals surface area contributed by atoms with Crippen molar-refractivity contribution in [3.63, 3.8) is 0 Å². The van der Waals surface area contributed by atoms with Crippen molar-refractivity contribution in [3.8, 4) is 0 Å². The highest BCUT2D eigenvalue weighted by Gasteiger charge is 2.05. The Morgan fingerprint density at radius 2 is 1.94 bits per heavy atom. The fourth-order valence-electron chi connectivity index (χ4n) is 1.90. The summed E-state index contributed by atoms with van der Waals surface area (Å²) >= 11 is 6.81. The summed E-state index contributed by atoms with van der Waals surface area (Å²) in [4.78, 5) is 0. The van der Waals surface area contributed by atoms with Crippen molar-refractivity contribution in [2.75, 3.05) is 0 Å². The average molecular weight is 355 g/mol. The van der Waals surface area contributed by atoms with Crippen LogP contribution in [-0.4, -0.2) is 4.57 Å². The Morgan fingerprint density at radius 3 is 2.71 bits per heavy atom. The van der Waals surface area contributed by atoms with Crippen LogP contribution in [0.1, 0.15) is 5.76 Å². The van der Waals surface area contributed by atoms with Crippen molar-refractivity contribution >= 4 is 42.8 Å². The van der Waals surface area contributed by atoms with Crippen molar-refractivity contribution < 1.29 is 4.42 Å². The van der Waals surface area contributed by atoms with E-state index in [0.717, 1.165) is 21.4 Å². The minimum atomic E-state index is 0.742. The minimum Gasteiger partial charge on any atom is -0.452 e. The molecule has 0 spiro atoms. The number of furan rings is 1. The van der Waals surface area contributed by atoms with Gasteiger partial charge in [0.25, 0.3) is 0 Å². The third-order valence-corrected chi connectivity index (χ3v) is 3.61. The molecule has 0 unspecified atom stereocenters. The summed E-state index contributed by atoms with van der Waals surface area (Å²) in [5, 5.41) is 1.24. The Labute approximate surface area is 115 Å². The lowest BCUT2D eigenvalue weighted by Crippen LogP contribution is -1.95. The van der Waals surface area contributed by atoms with Crippen molar-refractivity contribution in [2.45, 2.75) is 6.54 Å². The van der Waals surface area contributed by atoms with E-state index in [0.29, 0.717) is 0 Å². The van der Waals surface area contributed by atoms with Gasteiger partial charge in [-0.3, -0.25) is 0 Å². The summed E-state index contributed by atoms with van der Waals surface area (Å²) < 4.78 is 9.55. The van der Waals surface area contributed by atoms with Crippen LogP contribution in [0.2, 0.25) is 0 Å². The summed E-state index contributed by atoms with van der Waals surface area (Å²) in [5.74, 6) is 0.939. The fourth-order valence-corrected chi connectivity index (χ4v) is 2.59. The Kier molecular flexibility index (Phi) is 2.84. The van der Waals surface area contributed by atoms with Gasteiger partial charge in [0.15, 0.2) is 4.67 Å². The maximum Gasteiger partial charge on any atom is 0.169 e. The van der Waals surface area contributed by atoms with E-state index in [9.17, 15) is 0 Å². The molecule has 0 saturated carbocycles. The average Bonchev–Trinajstić information content (AvgIpc) is 2.87. The number of hydrogen-bond donors (Lipinski definition) is 0. The van der Waals surface area contributed by atoms with E-state index in [2.05, 4.69) is 66.9 Å². The zero-order chi connectivity index (χ0) is 11.8. The van der Waals surface area contributed by atoms with Gasteiger partial charge in [-0.05, 0) is 51.6 Å². The number of aromatic nitrogens is 1. The zero-order valence-corrected chi connectivity index (χ0v) is 12.0. The molecule has 17 heavy (non-hydrogen) atoms. The Morgan fingerprint density at radius 1 is 1.06 bits per heavy atom. The lowest BCUT2D eigenvalue weighted by Gasteiger charge is -2.03. The zero-order valence-electron chi connectivity index (χ0n) is 8.86. The number of hydrogen-bond acceptors (Lipinski definition) is 1. The van der Waals surface area contributed by atoms with E-state index in [1.807, 2.05) is 12.1 Å². The standard InChI is InChI=1S/C13H9Br2NO/c14-10-2-1-9-5-6-16(12(9)7-10)8-11-3-4-13(15)17-11/h1-7H,8H2. The predicted octanol–water partition coefficient (Wildman–Crippen LogP) is 4.81. The molecule has 0 fully saturated rings. The quantitative estimate of drug-likeness (QED) is 0.646. The molecule has 0 saturated heterocycles. The number of rotatable bonds is 2. The van der Waals surface area contributed by atoms with Gasteiger partial charge in [-0.15, -0.1) is 0 Å². The van der Waals surface area contributed by atoms with Crippen LogP contribution in [0, 0.1) is 0 Å². The van der Waals surface area contributed by atoms with Gasteiger partial charge in [-0.1, -0.05) is 22.0 Å². The van der Waals surface area contributed by atoms with Gasteiger partial charge in [0, 0.05) is 16.2 Å². The van der Waals surface area contributed by atoms with Crippen LogP contribution in [0.3, 0.4) is 0 Å². The molecule has 2 nitrogen and oxygen atoms in total. The number of fused-ring (bicyclic) bond motifs is 1. The Hall–Kier alpha value is -1.00. The molecule has 3 rings (SSSR count). The van der Waals surface area contributed by atoms with Crippen LogP contribution in [0.15, 0.2) is 56.2 Å². The topological polar surface area (TPSA) is 18.1 Å². The monoisotopic (exact) mass is 353 g/mol. The van der Waals surface area contributed by atoms with E-state index in [4.69, 9.17) is 4.42 Å². The first-order valence-corrected chi connectivity index (χ1v) is 6.79. The molecule has 4 heteroatoms. The van der Waals surface area contributed by atoms with Gasteiger partial charge in [0.05, 0.1) is 6.54 Å². The van der Waals surface area contributed by atoms with Crippen LogP contribution in [0.4, 0.5) is 0 Å². The molecule has 0 bridgehead atoms. The lowest BCUT2D eigenvalue weighted by molar-refractivity contribution is 0.477. The molecular weight excluding hydrogens is 346 g/mol. The van der Waals surface area contributed by atoms with E-state index in [-0.39, 0.29) is 0 Å². The van der Waals surface area contributed by atoms with Crippen LogP contribution >= 0.6 is 31.9 Å². The van der Waals surface area contributed by atoms with E-state index < -0.39 is 0 Å². The molecule has 2 aromatic heterocycles. The predicted molar refractivity (Wildman–Crippen MR) is 75.1 cm³/mol. The molecule has 0 aliphatic carbocycles. The van der Waals surface area contributed by atoms with E-state index in [1.54, 1.807) is 0 Å². The first-order chi connectivity index (χ1) is 8.22. The van der Waals surface area contributed by atoms with Gasteiger partial charge in [-0.25, -0.2) is 0 Å². The molecule has 0 amide bonds. The smallest absolute Gasteiger partial charge is 0.169 e. The van der Waals surface area contributed by atoms with E-state index >= 15 is 0 Å². The second-order valence-electron chi connectivity index (χ2n) is 3.85. The van der Waals surface area contributed by atoms with Crippen molar-refractivity contribution in [1.82, 2.24) is 4.57 Å². The third-order valence-electron chi connectivity index (χ3n) is 2.69. The SMILES string of the molecule is Brc1ccc2ccn(Cc3ccc(Br)o3)c2c1. The maximum absolute atomic E-state index is 5.52. The van der Waals surface area contributed by atoms with Crippen LogP contribution in [-0.2, 0) is 6.54 Å². The summed E-state index contributed by atoms with van der Waals surface area (Å²) in [6.07, 6.45) is 2.08. The van der Waals surface area contributed by atoms with Crippen LogP contribution in [0.25, 0.3) is 10.9 Å². The highest BCUT2D eigenvalue weighted by Crippen LogP contribution is 2.23. The second kappa shape index (κ2) is 4.35. The fraction of sp³-hybridized carbons (Fsp3) is 0.0769. The first-order valence-electron chi connectivity index (χ1n) is 5.21. The maximum atomic E-state index is 5.52. The lowest BCUT2D eigenvalue weighted by atomic mass is 10.2. The summed E-state index contributed by atoms with van der Waals surface area (Å²) in [6, 6.07) is 12.3. The molecule has 1 aromatic carbocycles. The summed E-state index contributed by atoms with van der Waals surface area (Å²) in [7, 11) is 0. The molecule has 0 atom stereocenters. The van der Waals surface area contributed by atoms with Gasteiger partial charge in [0.1, 0.15) is 5.76 Å².